The van der Waals surface area contributed by atoms with Gasteiger partial charge in [-0.3, -0.25) is 4.79 Å². The first-order valence-corrected chi connectivity index (χ1v) is 7.70. The van der Waals surface area contributed by atoms with Crippen molar-refractivity contribution < 1.29 is 9.90 Å². The molecule has 0 unspecified atom stereocenters. The molecule has 0 aromatic carbocycles. The molecule has 110 valence electrons. The van der Waals surface area contributed by atoms with Crippen LogP contribution in [-0.2, 0) is 4.79 Å². The summed E-state index contributed by atoms with van der Waals surface area (Å²) in [4.78, 5) is 9.24. The lowest BCUT2D eigenvalue weighted by Crippen LogP contribution is -1.97. The quantitative estimate of drug-likeness (QED) is 0.441. The molecule has 0 fully saturated rings. The van der Waals surface area contributed by atoms with Crippen LogP contribution in [0, 0.1) is 0 Å². The summed E-state index contributed by atoms with van der Waals surface area (Å²) in [5, 5.41) is 7.59. The van der Waals surface area contributed by atoms with Gasteiger partial charge in [0, 0.05) is 0 Å². The first-order valence-electron chi connectivity index (χ1n) is 7.16. The Kier molecular flexibility index (Phi) is 21.2. The number of hydrogen-bond donors (Lipinski definition) is 2. The summed E-state index contributed by atoms with van der Waals surface area (Å²) in [6.07, 6.45) is 13.9. The number of carbonyl (C=O) groups is 1. The van der Waals surface area contributed by atoms with Crippen LogP contribution < -0.4 is 5.73 Å². The second-order valence-corrected chi connectivity index (χ2v) is 4.77. The zero-order valence-corrected chi connectivity index (χ0v) is 12.6. The van der Waals surface area contributed by atoms with Gasteiger partial charge in [-0.05, 0) is 13.0 Å². The van der Waals surface area contributed by atoms with E-state index in [2.05, 4.69) is 6.92 Å². The van der Waals surface area contributed by atoms with Gasteiger partial charge in [0.1, 0.15) is 5.88 Å². The predicted molar refractivity (Wildman–Crippen MR) is 79.3 cm³/mol. The number of aliphatic carboxylic acids is 1. The fraction of sp³-hybridized carbons (Fsp3) is 0.929. The molecule has 0 heterocycles. The van der Waals surface area contributed by atoms with Crippen molar-refractivity contribution in [1.82, 2.24) is 0 Å². The maximum atomic E-state index is 9.24. The minimum absolute atomic E-state index is 0.306. The Labute approximate surface area is 117 Å². The number of unbranched alkanes of at least 4 members (excludes halogenated alkanes) is 9. The molecule has 0 saturated carbocycles. The minimum Gasteiger partial charge on any atom is -0.480 e. The predicted octanol–water partition coefficient (Wildman–Crippen LogP) is 4.18. The van der Waals surface area contributed by atoms with Crippen LogP contribution in [0.15, 0.2) is 0 Å². The van der Waals surface area contributed by atoms with Crippen molar-refractivity contribution >= 4 is 17.6 Å². The van der Waals surface area contributed by atoms with Gasteiger partial charge in [0.05, 0.1) is 0 Å². The molecule has 0 radical (unpaired) electrons. The lowest BCUT2D eigenvalue weighted by atomic mass is 10.1. The van der Waals surface area contributed by atoms with E-state index >= 15 is 0 Å². The van der Waals surface area contributed by atoms with Gasteiger partial charge < -0.3 is 10.8 Å². The summed E-state index contributed by atoms with van der Waals surface area (Å²) in [6.45, 7) is 3.14. The third-order valence-corrected chi connectivity index (χ3v) is 2.90. The summed E-state index contributed by atoms with van der Waals surface area (Å²) in [7, 11) is 0. The second-order valence-electron chi connectivity index (χ2n) is 4.50. The van der Waals surface area contributed by atoms with Crippen LogP contribution >= 0.6 is 11.6 Å². The lowest BCUT2D eigenvalue weighted by Gasteiger charge is -2.00. The van der Waals surface area contributed by atoms with E-state index < -0.39 is 5.97 Å². The molecule has 3 nitrogen and oxygen atoms in total. The van der Waals surface area contributed by atoms with E-state index in [1.54, 1.807) is 0 Å². The molecule has 0 rings (SSSR count). The molecule has 0 bridgehead atoms. The molecular formula is C14H30ClNO2. The normalized spacial score (nSPS) is 9.72. The Hall–Kier alpha value is -0.280. The van der Waals surface area contributed by atoms with E-state index in [-0.39, 0.29) is 5.88 Å². The summed E-state index contributed by atoms with van der Waals surface area (Å²) >= 11 is 4.74. The average Bonchev–Trinajstić information content (AvgIpc) is 2.37. The number of halogens is 1. The maximum absolute atomic E-state index is 9.24. The highest BCUT2D eigenvalue weighted by molar-refractivity contribution is 6.26. The minimum atomic E-state index is -0.980. The van der Waals surface area contributed by atoms with Gasteiger partial charge in [-0.15, -0.1) is 11.6 Å². The molecule has 0 aliphatic rings. The van der Waals surface area contributed by atoms with Crippen molar-refractivity contribution in [3.05, 3.63) is 0 Å². The highest BCUT2D eigenvalue weighted by Gasteiger charge is 1.91. The molecule has 0 aliphatic carbocycles. The Balaban J connectivity index is 0. The standard InChI is InChI=1S/C12H27N.C2H3ClO2/c1-2-3-4-5-6-7-8-9-10-11-12-13;3-1-2(4)5/h2-13H2,1H3;1H2,(H,4,5). The molecule has 0 saturated heterocycles. The third-order valence-electron chi connectivity index (χ3n) is 2.67. The number of rotatable bonds is 11. The van der Waals surface area contributed by atoms with E-state index in [1.807, 2.05) is 0 Å². The number of carboxylic acids is 1. The molecule has 3 N–H and O–H groups in total. The van der Waals surface area contributed by atoms with E-state index in [1.165, 1.54) is 64.2 Å². The Morgan fingerprint density at radius 1 is 0.944 bits per heavy atom. The van der Waals surface area contributed by atoms with Crippen LogP contribution in [0.1, 0.15) is 71.1 Å². The van der Waals surface area contributed by atoms with Gasteiger partial charge in [-0.1, -0.05) is 64.7 Å². The van der Waals surface area contributed by atoms with Gasteiger partial charge in [0.15, 0.2) is 0 Å². The van der Waals surface area contributed by atoms with Crippen LogP contribution in [-0.4, -0.2) is 23.5 Å². The van der Waals surface area contributed by atoms with Crippen LogP contribution in [0.5, 0.6) is 0 Å². The fourth-order valence-electron chi connectivity index (χ4n) is 1.63. The second kappa shape index (κ2) is 19.1. The first-order chi connectivity index (χ1) is 8.68. The van der Waals surface area contributed by atoms with Crippen LogP contribution in [0.3, 0.4) is 0 Å². The summed E-state index contributed by atoms with van der Waals surface area (Å²) in [6, 6.07) is 0. The summed E-state index contributed by atoms with van der Waals surface area (Å²) in [5.74, 6) is -1.29. The van der Waals surface area contributed by atoms with Gasteiger partial charge in [0.2, 0.25) is 0 Å². The summed E-state index contributed by atoms with van der Waals surface area (Å²) in [5.41, 5.74) is 5.42. The Morgan fingerprint density at radius 2 is 1.28 bits per heavy atom. The Bertz CT molecular complexity index is 156. The van der Waals surface area contributed by atoms with E-state index in [9.17, 15) is 4.79 Å². The highest BCUT2D eigenvalue weighted by Crippen LogP contribution is 2.09. The SMILES string of the molecule is CCCCCCCCCCCCN.O=C(O)CCl. The number of carboxylic acid groups (broad SMARTS) is 1. The molecule has 18 heavy (non-hydrogen) atoms. The number of hydrogen-bond acceptors (Lipinski definition) is 2. The molecular weight excluding hydrogens is 250 g/mol. The van der Waals surface area contributed by atoms with Crippen molar-refractivity contribution in [1.29, 1.82) is 0 Å². The first kappa shape index (κ1) is 20.0. The number of alkyl halides is 1. The smallest absolute Gasteiger partial charge is 0.318 e. The average molecular weight is 280 g/mol. The maximum Gasteiger partial charge on any atom is 0.318 e. The zero-order chi connectivity index (χ0) is 14.1. The van der Waals surface area contributed by atoms with E-state index in [0.29, 0.717) is 0 Å². The van der Waals surface area contributed by atoms with Crippen molar-refractivity contribution in [2.75, 3.05) is 12.4 Å². The monoisotopic (exact) mass is 279 g/mol. The van der Waals surface area contributed by atoms with Crippen molar-refractivity contribution in [3.8, 4) is 0 Å². The molecule has 4 heteroatoms. The van der Waals surface area contributed by atoms with Gasteiger partial charge in [-0.25, -0.2) is 0 Å². The van der Waals surface area contributed by atoms with Crippen molar-refractivity contribution in [2.45, 2.75) is 71.1 Å². The Morgan fingerprint density at radius 3 is 1.56 bits per heavy atom. The lowest BCUT2D eigenvalue weighted by molar-refractivity contribution is -0.134. The molecule has 0 aromatic heterocycles. The molecule has 0 spiro atoms. The van der Waals surface area contributed by atoms with Crippen molar-refractivity contribution in [2.24, 2.45) is 5.73 Å². The summed E-state index contributed by atoms with van der Waals surface area (Å²) < 4.78 is 0. The molecule has 0 aromatic rings. The third kappa shape index (κ3) is 24.8. The van der Waals surface area contributed by atoms with Crippen LogP contribution in [0.2, 0.25) is 0 Å². The zero-order valence-electron chi connectivity index (χ0n) is 11.8. The van der Waals surface area contributed by atoms with Crippen LogP contribution in [0.4, 0.5) is 0 Å². The molecule has 0 amide bonds. The fourth-order valence-corrected chi connectivity index (χ4v) is 1.63. The molecule has 0 aliphatic heterocycles. The number of nitrogens with two attached hydrogens (primary N) is 1. The topological polar surface area (TPSA) is 63.3 Å². The van der Waals surface area contributed by atoms with Crippen LogP contribution in [0.25, 0.3) is 0 Å². The van der Waals surface area contributed by atoms with Gasteiger partial charge >= 0.3 is 5.97 Å². The highest BCUT2D eigenvalue weighted by atomic mass is 35.5. The van der Waals surface area contributed by atoms with Gasteiger partial charge in [0.25, 0.3) is 0 Å². The van der Waals surface area contributed by atoms with E-state index in [0.717, 1.165) is 6.54 Å². The molecule has 0 atom stereocenters. The van der Waals surface area contributed by atoms with E-state index in [4.69, 9.17) is 22.4 Å². The van der Waals surface area contributed by atoms with Gasteiger partial charge in [-0.2, -0.15) is 0 Å². The van der Waals surface area contributed by atoms with Crippen molar-refractivity contribution in [3.63, 3.8) is 0 Å². The largest absolute Gasteiger partial charge is 0.480 e.